The van der Waals surface area contributed by atoms with E-state index in [4.69, 9.17) is 11.6 Å². The molecule has 0 unspecified atom stereocenters. The van der Waals surface area contributed by atoms with Crippen LogP contribution in [-0.4, -0.2) is 16.1 Å². The third-order valence-electron chi connectivity index (χ3n) is 2.84. The highest BCUT2D eigenvalue weighted by Crippen LogP contribution is 2.30. The van der Waals surface area contributed by atoms with Gasteiger partial charge in [0.2, 0.25) is 0 Å². The first-order valence-corrected chi connectivity index (χ1v) is 6.33. The van der Waals surface area contributed by atoms with Crippen molar-refractivity contribution < 1.29 is 13.2 Å². The highest BCUT2D eigenvalue weighted by Gasteiger charge is 2.27. The molecule has 0 aliphatic carbocycles. The van der Waals surface area contributed by atoms with Crippen LogP contribution in [0.5, 0.6) is 0 Å². The van der Waals surface area contributed by atoms with Crippen molar-refractivity contribution in [3.63, 3.8) is 0 Å². The van der Waals surface area contributed by atoms with Gasteiger partial charge < -0.3 is 0 Å². The van der Waals surface area contributed by atoms with Crippen molar-refractivity contribution in [1.82, 2.24) is 9.97 Å². The molecule has 0 amide bonds. The molecular formula is C14H12ClF3N2. The Morgan fingerprint density at radius 3 is 2.65 bits per heavy atom. The normalized spacial score (nSPS) is 11.8. The maximum Gasteiger partial charge on any atom is 0.389 e. The summed E-state index contributed by atoms with van der Waals surface area (Å²) in [5.74, 6) is 0. The van der Waals surface area contributed by atoms with E-state index in [1.807, 2.05) is 6.92 Å². The summed E-state index contributed by atoms with van der Waals surface area (Å²) in [5, 5.41) is 0.853. The predicted molar refractivity (Wildman–Crippen MR) is 73.6 cm³/mol. The Bertz CT molecular complexity index is 660. The summed E-state index contributed by atoms with van der Waals surface area (Å²) in [7, 11) is 0. The Morgan fingerprint density at radius 2 is 2.00 bits per heavy atom. The van der Waals surface area contributed by atoms with Gasteiger partial charge in [0.15, 0.2) is 0 Å². The first kappa shape index (κ1) is 14.8. The average Bonchev–Trinajstić information content (AvgIpc) is 2.33. The van der Waals surface area contributed by atoms with Crippen LogP contribution in [0, 0.1) is 6.92 Å². The van der Waals surface area contributed by atoms with Crippen molar-refractivity contribution in [3.8, 4) is 0 Å². The number of aromatic nitrogens is 2. The van der Waals surface area contributed by atoms with E-state index in [0.29, 0.717) is 22.2 Å². The number of hydrogen-bond donors (Lipinski definition) is 0. The smallest absolute Gasteiger partial charge is 0.253 e. The summed E-state index contributed by atoms with van der Waals surface area (Å²) in [4.78, 5) is 8.39. The molecule has 6 heteroatoms. The molecule has 0 aromatic carbocycles. The second kappa shape index (κ2) is 5.40. The van der Waals surface area contributed by atoms with Gasteiger partial charge in [-0.3, -0.25) is 4.98 Å². The molecule has 0 saturated heterocycles. The van der Waals surface area contributed by atoms with Crippen molar-refractivity contribution in [2.45, 2.75) is 25.9 Å². The van der Waals surface area contributed by atoms with E-state index in [0.717, 1.165) is 5.69 Å². The van der Waals surface area contributed by atoms with Crippen LogP contribution in [0.15, 0.2) is 24.8 Å². The van der Waals surface area contributed by atoms with Gasteiger partial charge in [0, 0.05) is 23.6 Å². The van der Waals surface area contributed by atoms with Gasteiger partial charge in [0.25, 0.3) is 0 Å². The Balaban J connectivity index is 2.40. The van der Waals surface area contributed by atoms with E-state index < -0.39 is 12.6 Å². The van der Waals surface area contributed by atoms with Gasteiger partial charge in [0.1, 0.15) is 5.15 Å². The topological polar surface area (TPSA) is 25.8 Å². The maximum atomic E-state index is 12.3. The summed E-state index contributed by atoms with van der Waals surface area (Å²) in [5.41, 5.74) is 2.09. The molecule has 0 bridgehead atoms. The van der Waals surface area contributed by atoms with Crippen molar-refractivity contribution in [2.75, 3.05) is 0 Å². The number of allylic oxidation sites excluding steroid dienone is 1. The lowest BCUT2D eigenvalue weighted by Crippen LogP contribution is -2.07. The van der Waals surface area contributed by atoms with Gasteiger partial charge in [-0.25, -0.2) is 4.98 Å². The summed E-state index contributed by atoms with van der Waals surface area (Å²) in [6.07, 6.45) is -5.35. The molecule has 0 spiro atoms. The molecule has 106 valence electrons. The fraction of sp³-hybridized carbons (Fsp3) is 0.286. The molecule has 2 nitrogen and oxygen atoms in total. The Labute approximate surface area is 119 Å². The summed E-state index contributed by atoms with van der Waals surface area (Å²) in [6, 6.07) is 5.14. The highest BCUT2D eigenvalue weighted by molar-refractivity contribution is 6.30. The van der Waals surface area contributed by atoms with E-state index in [9.17, 15) is 13.2 Å². The van der Waals surface area contributed by atoms with Crippen LogP contribution < -0.4 is 0 Å². The lowest BCUT2D eigenvalue weighted by Gasteiger charge is -2.11. The van der Waals surface area contributed by atoms with Crippen LogP contribution >= 0.6 is 11.6 Å². The van der Waals surface area contributed by atoms with Crippen molar-refractivity contribution in [2.24, 2.45) is 0 Å². The molecule has 2 heterocycles. The monoisotopic (exact) mass is 300 g/mol. The maximum absolute atomic E-state index is 12.3. The summed E-state index contributed by atoms with van der Waals surface area (Å²) >= 11 is 5.90. The molecule has 20 heavy (non-hydrogen) atoms. The number of pyridine rings is 2. The first-order chi connectivity index (χ1) is 9.26. The molecule has 0 radical (unpaired) electrons. The van der Waals surface area contributed by atoms with E-state index in [1.165, 1.54) is 0 Å². The number of fused-ring (bicyclic) bond motifs is 1. The molecule has 0 aliphatic rings. The zero-order valence-electron chi connectivity index (χ0n) is 10.8. The van der Waals surface area contributed by atoms with E-state index in [-0.39, 0.29) is 11.6 Å². The molecule has 0 aliphatic heterocycles. The molecule has 2 rings (SSSR count). The van der Waals surface area contributed by atoms with Crippen LogP contribution in [0.1, 0.15) is 24.2 Å². The standard InChI is InChI=1S/C14H12ClF3N2/c1-8(5-6-14(16,17)18)13-10-4-3-9(2)19-11(10)7-12(15)20-13/h3-4,7H,1,5-6H2,2H3. The number of aryl methyl sites for hydroxylation is 1. The number of alkyl halides is 3. The van der Waals surface area contributed by atoms with Crippen LogP contribution in [0.3, 0.4) is 0 Å². The van der Waals surface area contributed by atoms with Crippen molar-refractivity contribution >= 4 is 28.1 Å². The SMILES string of the molecule is C=C(CCC(F)(F)F)c1nc(Cl)cc2nc(C)ccc12. The summed E-state index contributed by atoms with van der Waals surface area (Å²) < 4.78 is 36.8. The second-order valence-corrected chi connectivity index (χ2v) is 4.92. The van der Waals surface area contributed by atoms with Gasteiger partial charge in [-0.1, -0.05) is 18.2 Å². The molecule has 0 saturated carbocycles. The van der Waals surface area contributed by atoms with E-state index in [2.05, 4.69) is 16.5 Å². The van der Waals surface area contributed by atoms with Crippen LogP contribution in [-0.2, 0) is 0 Å². The molecule has 0 atom stereocenters. The second-order valence-electron chi connectivity index (χ2n) is 4.53. The highest BCUT2D eigenvalue weighted by atomic mass is 35.5. The fourth-order valence-corrected chi connectivity index (χ4v) is 2.07. The molecule has 2 aromatic heterocycles. The molecule has 0 N–H and O–H groups in total. The third-order valence-corrected chi connectivity index (χ3v) is 3.03. The lowest BCUT2D eigenvalue weighted by molar-refractivity contribution is -0.133. The van der Waals surface area contributed by atoms with Gasteiger partial charge in [0.05, 0.1) is 11.2 Å². The average molecular weight is 301 g/mol. The fourth-order valence-electron chi connectivity index (χ4n) is 1.88. The van der Waals surface area contributed by atoms with Gasteiger partial charge in [-0.2, -0.15) is 13.2 Å². The first-order valence-electron chi connectivity index (χ1n) is 5.95. The van der Waals surface area contributed by atoms with E-state index in [1.54, 1.807) is 18.2 Å². The number of hydrogen-bond acceptors (Lipinski definition) is 2. The van der Waals surface area contributed by atoms with E-state index >= 15 is 0 Å². The van der Waals surface area contributed by atoms with Crippen LogP contribution in [0.4, 0.5) is 13.2 Å². The molecule has 2 aromatic rings. The minimum Gasteiger partial charge on any atom is -0.253 e. The van der Waals surface area contributed by atoms with Crippen molar-refractivity contribution in [1.29, 1.82) is 0 Å². The number of rotatable bonds is 3. The zero-order chi connectivity index (χ0) is 14.9. The Kier molecular flexibility index (Phi) is 3.99. The molecule has 0 fully saturated rings. The Hall–Kier alpha value is -1.62. The quantitative estimate of drug-likeness (QED) is 0.750. The zero-order valence-corrected chi connectivity index (χ0v) is 11.5. The minimum atomic E-state index is -4.22. The minimum absolute atomic E-state index is 0.193. The number of nitrogens with zero attached hydrogens (tertiary/aromatic N) is 2. The summed E-state index contributed by atoms with van der Waals surface area (Å²) in [6.45, 7) is 5.52. The predicted octanol–water partition coefficient (Wildman–Crippen LogP) is 4.95. The Morgan fingerprint density at radius 1 is 1.30 bits per heavy atom. The van der Waals surface area contributed by atoms with Gasteiger partial charge in [-0.05, 0) is 31.1 Å². The molecular weight excluding hydrogens is 289 g/mol. The van der Waals surface area contributed by atoms with Crippen LogP contribution in [0.25, 0.3) is 16.5 Å². The third kappa shape index (κ3) is 3.48. The lowest BCUT2D eigenvalue weighted by atomic mass is 10.0. The number of halogens is 4. The van der Waals surface area contributed by atoms with Crippen molar-refractivity contribution in [3.05, 3.63) is 41.3 Å². The largest absolute Gasteiger partial charge is 0.389 e. The van der Waals surface area contributed by atoms with Gasteiger partial charge >= 0.3 is 6.18 Å². The van der Waals surface area contributed by atoms with Crippen LogP contribution in [0.2, 0.25) is 5.15 Å². The van der Waals surface area contributed by atoms with Gasteiger partial charge in [-0.15, -0.1) is 0 Å².